The Morgan fingerprint density at radius 2 is 1.90 bits per heavy atom. The molecule has 7 rings (SSSR count). The van der Waals surface area contributed by atoms with Crippen LogP contribution in [-0.4, -0.2) is 43.9 Å². The summed E-state index contributed by atoms with van der Waals surface area (Å²) in [6.07, 6.45) is 9.03. The molecule has 0 spiro atoms. The van der Waals surface area contributed by atoms with Crippen LogP contribution in [0.2, 0.25) is 0 Å². The van der Waals surface area contributed by atoms with Gasteiger partial charge in [-0.05, 0) is 80.6 Å². The molecule has 1 amide bonds. The number of nitrogens with two attached hydrogens (primary N) is 1. The predicted molar refractivity (Wildman–Crippen MR) is 190 cm³/mol. The largest absolute Gasteiger partial charge is 0.421 e. The van der Waals surface area contributed by atoms with E-state index in [1.165, 1.54) is 6.07 Å². The second-order valence-electron chi connectivity index (χ2n) is 12.1. The normalized spacial score (nSPS) is 13.5. The van der Waals surface area contributed by atoms with E-state index in [2.05, 4.69) is 26.8 Å². The van der Waals surface area contributed by atoms with Crippen molar-refractivity contribution < 1.29 is 18.7 Å². The lowest BCUT2D eigenvalue weighted by molar-refractivity contribution is -0.112. The Morgan fingerprint density at radius 1 is 1.08 bits per heavy atom. The minimum atomic E-state index is -0.581. The van der Waals surface area contributed by atoms with Gasteiger partial charge in [-0.2, -0.15) is 5.10 Å². The minimum Gasteiger partial charge on any atom is -0.421 e. The molecule has 6 aromatic rings. The highest BCUT2D eigenvalue weighted by atomic mass is 32.1. The van der Waals surface area contributed by atoms with Gasteiger partial charge >= 0.3 is 6.01 Å². The Balaban J connectivity index is 1.38. The van der Waals surface area contributed by atoms with Crippen LogP contribution in [0, 0.1) is 19.7 Å². The number of nitrogens with one attached hydrogen (secondary N) is 1. The number of pyridine rings is 1. The molecule has 12 heteroatoms. The van der Waals surface area contributed by atoms with Crippen molar-refractivity contribution in [2.75, 3.05) is 24.3 Å². The lowest BCUT2D eigenvalue weighted by Crippen LogP contribution is -2.19. The lowest BCUT2D eigenvalue weighted by atomic mass is 9.95. The fourth-order valence-corrected chi connectivity index (χ4v) is 7.42. The second-order valence-corrected chi connectivity index (χ2v) is 13.1. The van der Waals surface area contributed by atoms with Gasteiger partial charge in [-0.15, -0.1) is 11.3 Å². The van der Waals surface area contributed by atoms with E-state index in [9.17, 15) is 4.79 Å². The highest BCUT2D eigenvalue weighted by Crippen LogP contribution is 2.50. The number of aryl methyl sites for hydroxylation is 2. The summed E-state index contributed by atoms with van der Waals surface area (Å²) in [6.45, 7) is 10.6. The zero-order valence-corrected chi connectivity index (χ0v) is 28.1. The molecule has 49 heavy (non-hydrogen) atoms. The molecule has 0 bridgehead atoms. The van der Waals surface area contributed by atoms with Gasteiger partial charge in [-0.1, -0.05) is 18.7 Å². The van der Waals surface area contributed by atoms with Crippen LogP contribution in [0.25, 0.3) is 42.8 Å². The molecule has 0 aliphatic carbocycles. The number of fused-ring (bicyclic) bond motifs is 1. The number of rotatable bonds is 8. The van der Waals surface area contributed by atoms with E-state index in [0.717, 1.165) is 50.2 Å². The summed E-state index contributed by atoms with van der Waals surface area (Å²) in [5.74, 6) is -0.516. The number of ether oxygens (including phenoxy) is 2. The maximum atomic E-state index is 15.8. The van der Waals surface area contributed by atoms with Crippen LogP contribution in [0.5, 0.6) is 11.8 Å². The molecule has 2 aromatic carbocycles. The Hall–Kier alpha value is -5.46. The van der Waals surface area contributed by atoms with Gasteiger partial charge in [0.2, 0.25) is 0 Å². The predicted octanol–water partition coefficient (Wildman–Crippen LogP) is 8.28. The number of halogens is 1. The number of hydrogen-bond acceptors (Lipinski definition) is 9. The molecule has 0 unspecified atom stereocenters. The third-order valence-corrected chi connectivity index (χ3v) is 9.79. The molecule has 1 aliphatic rings. The fourth-order valence-electron chi connectivity index (χ4n) is 5.97. The van der Waals surface area contributed by atoms with E-state index >= 15 is 4.39 Å². The van der Waals surface area contributed by atoms with Crippen LogP contribution < -0.4 is 15.8 Å². The number of aromatic nitrogens is 5. The highest BCUT2D eigenvalue weighted by Gasteiger charge is 2.25. The molecule has 0 atom stereocenters. The monoisotopic (exact) mass is 675 g/mol. The standard InChI is InChI=1S/C37H34FN7O3S/c1-20(2)36(46)44-25-6-7-27(21(3)15-25)33-31(23-5-8-30(29(38)16-23)48-37-40-12-9-22(4)43-37)32-34(49-33)28(18-41-35(32)39)24-17-42-45(19-24)26-10-13-47-14-11-26/h5-9,12,15-19,26H,1,10-11,13-14H2,2-4H3,(H2,39,41)(H,44,46). The quantitative estimate of drug-likeness (QED) is 0.154. The minimum absolute atomic E-state index is 0.00321. The first kappa shape index (κ1) is 32.1. The lowest BCUT2D eigenvalue weighted by Gasteiger charge is -2.22. The van der Waals surface area contributed by atoms with Gasteiger partial charge in [0.15, 0.2) is 11.6 Å². The Morgan fingerprint density at radius 3 is 2.63 bits per heavy atom. The van der Waals surface area contributed by atoms with Gasteiger partial charge in [-0.3, -0.25) is 9.48 Å². The van der Waals surface area contributed by atoms with Gasteiger partial charge < -0.3 is 20.5 Å². The van der Waals surface area contributed by atoms with Gasteiger partial charge in [0.05, 0.1) is 12.2 Å². The summed E-state index contributed by atoms with van der Waals surface area (Å²) in [4.78, 5) is 26.2. The van der Waals surface area contributed by atoms with E-state index in [-0.39, 0.29) is 23.7 Å². The number of thiophene rings is 1. The third-order valence-electron chi connectivity index (χ3n) is 8.53. The summed E-state index contributed by atoms with van der Waals surface area (Å²) < 4.78 is 30.0. The summed E-state index contributed by atoms with van der Waals surface area (Å²) in [6, 6.07) is 12.6. The number of anilines is 2. The number of carbonyl (C=O) groups excluding carboxylic acids is 1. The first-order chi connectivity index (χ1) is 23.7. The summed E-state index contributed by atoms with van der Waals surface area (Å²) in [5.41, 5.74) is 13.3. The molecular weight excluding hydrogens is 642 g/mol. The maximum Gasteiger partial charge on any atom is 0.322 e. The SMILES string of the molecule is C=C(C)C(=O)Nc1ccc(-c2sc3c(-c4cnn(C5CCOCC5)c4)cnc(N)c3c2-c2ccc(Oc3nccc(C)n3)c(F)c2)c(C)c1. The van der Waals surface area contributed by atoms with E-state index in [1.807, 2.05) is 49.1 Å². The van der Waals surface area contributed by atoms with Gasteiger partial charge in [-0.25, -0.2) is 19.3 Å². The fraction of sp³-hybridized carbons (Fsp3) is 0.216. The number of amides is 1. The number of carbonyl (C=O) groups is 1. The molecule has 10 nitrogen and oxygen atoms in total. The molecule has 5 heterocycles. The van der Waals surface area contributed by atoms with Crippen LogP contribution in [0.4, 0.5) is 15.9 Å². The molecule has 1 saturated heterocycles. The van der Waals surface area contributed by atoms with E-state index in [1.54, 1.807) is 48.9 Å². The third kappa shape index (κ3) is 6.40. The Kier molecular flexibility index (Phi) is 8.66. The highest BCUT2D eigenvalue weighted by molar-refractivity contribution is 7.23. The number of nitrogen functional groups attached to an aromatic ring is 1. The molecule has 0 radical (unpaired) electrons. The number of benzene rings is 2. The smallest absolute Gasteiger partial charge is 0.322 e. The molecule has 248 valence electrons. The Bertz CT molecular complexity index is 2240. The molecule has 3 N–H and O–H groups in total. The van der Waals surface area contributed by atoms with E-state index < -0.39 is 5.82 Å². The topological polar surface area (TPSA) is 130 Å². The first-order valence-electron chi connectivity index (χ1n) is 15.8. The zero-order chi connectivity index (χ0) is 34.2. The molecule has 0 saturated carbocycles. The van der Waals surface area contributed by atoms with Crippen LogP contribution >= 0.6 is 11.3 Å². The first-order valence-corrected chi connectivity index (χ1v) is 16.7. The molecule has 1 aliphatic heterocycles. The summed E-state index contributed by atoms with van der Waals surface area (Å²) >= 11 is 1.55. The van der Waals surface area contributed by atoms with E-state index in [4.69, 9.17) is 20.3 Å². The van der Waals surface area contributed by atoms with Crippen LogP contribution in [-0.2, 0) is 9.53 Å². The van der Waals surface area contributed by atoms with Crippen molar-refractivity contribution >= 4 is 38.8 Å². The van der Waals surface area contributed by atoms with Gasteiger partial charge in [0.25, 0.3) is 5.91 Å². The molecule has 1 fully saturated rings. The van der Waals surface area contributed by atoms with Crippen molar-refractivity contribution in [3.05, 3.63) is 96.5 Å². The molecular formula is C37H34FN7O3S. The Labute approximate surface area is 286 Å². The summed E-state index contributed by atoms with van der Waals surface area (Å²) in [7, 11) is 0. The summed E-state index contributed by atoms with van der Waals surface area (Å²) in [5, 5.41) is 8.30. The van der Waals surface area contributed by atoms with Crippen molar-refractivity contribution in [2.45, 2.75) is 39.7 Å². The van der Waals surface area contributed by atoms with Crippen LogP contribution in [0.3, 0.4) is 0 Å². The zero-order valence-electron chi connectivity index (χ0n) is 27.3. The average molecular weight is 676 g/mol. The van der Waals surface area contributed by atoms with Crippen molar-refractivity contribution in [1.82, 2.24) is 24.7 Å². The van der Waals surface area contributed by atoms with E-state index in [0.29, 0.717) is 46.9 Å². The van der Waals surface area contributed by atoms with Gasteiger partial charge in [0.1, 0.15) is 5.82 Å². The number of nitrogens with zero attached hydrogens (tertiary/aromatic N) is 5. The van der Waals surface area contributed by atoms with Crippen molar-refractivity contribution in [3.8, 4) is 44.5 Å². The average Bonchev–Trinajstić information content (AvgIpc) is 3.73. The second kappa shape index (κ2) is 13.2. The van der Waals surface area contributed by atoms with Gasteiger partial charge in [0, 0.05) is 80.4 Å². The molecule has 4 aromatic heterocycles. The van der Waals surface area contributed by atoms with Crippen molar-refractivity contribution in [2.24, 2.45) is 0 Å². The van der Waals surface area contributed by atoms with Crippen molar-refractivity contribution in [1.29, 1.82) is 0 Å². The van der Waals surface area contributed by atoms with Crippen molar-refractivity contribution in [3.63, 3.8) is 0 Å². The maximum absolute atomic E-state index is 15.8. The van der Waals surface area contributed by atoms with Crippen LogP contribution in [0.15, 0.2) is 79.4 Å². The van der Waals surface area contributed by atoms with Crippen LogP contribution in [0.1, 0.15) is 37.1 Å². The number of hydrogen-bond donors (Lipinski definition) is 2.